The Bertz CT molecular complexity index is 344. The topological polar surface area (TPSA) is 58.2 Å². The first-order valence-electron chi connectivity index (χ1n) is 7.82. The summed E-state index contributed by atoms with van der Waals surface area (Å²) in [7, 11) is 0. The van der Waals surface area contributed by atoms with Crippen LogP contribution in [0.15, 0.2) is 0 Å². The number of hydrogen-bond acceptors (Lipinski definition) is 2. The molecule has 2 N–H and O–H groups in total. The first kappa shape index (κ1) is 17.0. The molecule has 0 atom stereocenters. The molecule has 4 nitrogen and oxygen atoms in total. The van der Waals surface area contributed by atoms with Crippen LogP contribution in [0.4, 0.5) is 0 Å². The third-order valence-electron chi connectivity index (χ3n) is 4.42. The molecular formula is C16H30N2O2. The fourth-order valence-electron chi connectivity index (χ4n) is 2.58. The summed E-state index contributed by atoms with van der Waals surface area (Å²) >= 11 is 0. The van der Waals surface area contributed by atoms with Crippen LogP contribution >= 0.6 is 0 Å². The summed E-state index contributed by atoms with van der Waals surface area (Å²) in [5.41, 5.74) is -0.305. The zero-order valence-corrected chi connectivity index (χ0v) is 13.6. The first-order chi connectivity index (χ1) is 9.27. The second-order valence-corrected chi connectivity index (χ2v) is 7.02. The Morgan fingerprint density at radius 3 is 2.30 bits per heavy atom. The van der Waals surface area contributed by atoms with E-state index in [0.717, 1.165) is 25.9 Å². The third-order valence-corrected chi connectivity index (χ3v) is 4.42. The van der Waals surface area contributed by atoms with E-state index in [-0.39, 0.29) is 17.2 Å². The summed E-state index contributed by atoms with van der Waals surface area (Å²) in [4.78, 5) is 23.5. The average Bonchev–Trinajstić information content (AvgIpc) is 2.32. The molecule has 1 aliphatic rings. The van der Waals surface area contributed by atoms with Gasteiger partial charge in [0.05, 0.1) is 0 Å². The van der Waals surface area contributed by atoms with Gasteiger partial charge in [-0.3, -0.25) is 9.59 Å². The summed E-state index contributed by atoms with van der Waals surface area (Å²) in [6.07, 6.45) is 2.61. The molecule has 0 saturated heterocycles. The molecule has 1 aliphatic carbocycles. The van der Waals surface area contributed by atoms with E-state index >= 15 is 0 Å². The highest BCUT2D eigenvalue weighted by atomic mass is 16.2. The Balaban J connectivity index is 2.33. The monoisotopic (exact) mass is 282 g/mol. The van der Waals surface area contributed by atoms with Crippen LogP contribution in [0.3, 0.4) is 0 Å². The number of nitrogens with one attached hydrogen (secondary N) is 2. The highest BCUT2D eigenvalue weighted by Crippen LogP contribution is 2.45. The highest BCUT2D eigenvalue weighted by molar-refractivity contribution is 5.82. The van der Waals surface area contributed by atoms with Crippen LogP contribution in [0, 0.1) is 23.2 Å². The van der Waals surface area contributed by atoms with E-state index in [1.165, 1.54) is 0 Å². The summed E-state index contributed by atoms with van der Waals surface area (Å²) in [6, 6.07) is 0. The lowest BCUT2D eigenvalue weighted by Crippen LogP contribution is -2.49. The molecule has 0 spiro atoms. The Kier molecular flexibility index (Phi) is 6.03. The molecule has 1 fully saturated rings. The van der Waals surface area contributed by atoms with Crippen LogP contribution in [0.1, 0.15) is 53.9 Å². The van der Waals surface area contributed by atoms with Crippen molar-refractivity contribution in [3.63, 3.8) is 0 Å². The van der Waals surface area contributed by atoms with Gasteiger partial charge in [-0.1, -0.05) is 34.6 Å². The van der Waals surface area contributed by atoms with E-state index in [1.54, 1.807) is 0 Å². The molecular weight excluding hydrogens is 252 g/mol. The van der Waals surface area contributed by atoms with Crippen molar-refractivity contribution in [2.24, 2.45) is 23.2 Å². The van der Waals surface area contributed by atoms with E-state index < -0.39 is 0 Å². The molecule has 116 valence electrons. The van der Waals surface area contributed by atoms with Crippen molar-refractivity contribution in [2.45, 2.75) is 53.9 Å². The normalized spacial score (nSPS) is 22.3. The minimum absolute atomic E-state index is 0.113. The van der Waals surface area contributed by atoms with Gasteiger partial charge in [0.2, 0.25) is 11.8 Å². The number of carbonyl (C=O) groups excluding carboxylic acids is 2. The van der Waals surface area contributed by atoms with Gasteiger partial charge < -0.3 is 10.6 Å². The van der Waals surface area contributed by atoms with Crippen molar-refractivity contribution < 1.29 is 9.59 Å². The van der Waals surface area contributed by atoms with Crippen LogP contribution in [0.25, 0.3) is 0 Å². The van der Waals surface area contributed by atoms with Crippen LogP contribution in [-0.4, -0.2) is 24.9 Å². The Morgan fingerprint density at radius 1 is 1.20 bits per heavy atom. The second kappa shape index (κ2) is 7.09. The number of hydrogen-bond donors (Lipinski definition) is 2. The zero-order valence-electron chi connectivity index (χ0n) is 13.6. The van der Waals surface area contributed by atoms with Crippen LogP contribution in [0.2, 0.25) is 0 Å². The lowest BCUT2D eigenvalue weighted by Gasteiger charge is -2.44. The van der Waals surface area contributed by atoms with Gasteiger partial charge in [-0.15, -0.1) is 0 Å². The summed E-state index contributed by atoms with van der Waals surface area (Å²) in [6.45, 7) is 11.6. The van der Waals surface area contributed by atoms with Crippen molar-refractivity contribution in [1.29, 1.82) is 0 Å². The summed E-state index contributed by atoms with van der Waals surface area (Å²) in [5, 5.41) is 5.97. The van der Waals surface area contributed by atoms with Gasteiger partial charge in [-0.2, -0.15) is 0 Å². The summed E-state index contributed by atoms with van der Waals surface area (Å²) in [5.74, 6) is 1.72. The highest BCUT2D eigenvalue weighted by Gasteiger charge is 2.44. The summed E-state index contributed by atoms with van der Waals surface area (Å²) < 4.78 is 0. The van der Waals surface area contributed by atoms with Gasteiger partial charge >= 0.3 is 0 Å². The molecule has 0 aromatic carbocycles. The molecule has 0 bridgehead atoms. The van der Waals surface area contributed by atoms with Gasteiger partial charge in [0, 0.05) is 24.9 Å². The third kappa shape index (κ3) is 4.50. The fraction of sp³-hybridized carbons (Fsp3) is 0.875. The van der Waals surface area contributed by atoms with Crippen molar-refractivity contribution >= 4 is 11.8 Å². The molecule has 2 amide bonds. The van der Waals surface area contributed by atoms with Crippen molar-refractivity contribution in [3.05, 3.63) is 0 Å². The number of amides is 2. The maximum absolute atomic E-state index is 12.2. The molecule has 0 aliphatic heterocycles. The van der Waals surface area contributed by atoms with Crippen LogP contribution < -0.4 is 10.6 Å². The Hall–Kier alpha value is -1.06. The lowest BCUT2D eigenvalue weighted by atomic mass is 9.61. The largest absolute Gasteiger partial charge is 0.356 e. The minimum Gasteiger partial charge on any atom is -0.356 e. The molecule has 0 unspecified atom stereocenters. The van der Waals surface area contributed by atoms with Crippen LogP contribution in [0.5, 0.6) is 0 Å². The standard InChI is InChI=1S/C16H30N2O2/c1-6-14(19)17-10-12-7-13(8-12)16(4,5)15(20)18-9-11(2)3/h11-13H,6-10H2,1-5H3,(H,17,19)(H,18,20). The Labute approximate surface area is 123 Å². The molecule has 4 heteroatoms. The minimum atomic E-state index is -0.305. The van der Waals surface area contributed by atoms with Gasteiger partial charge in [0.25, 0.3) is 0 Å². The quantitative estimate of drug-likeness (QED) is 0.753. The SMILES string of the molecule is CCC(=O)NCC1CC(C(C)(C)C(=O)NCC(C)C)C1. The van der Waals surface area contributed by atoms with E-state index in [1.807, 2.05) is 20.8 Å². The first-order valence-corrected chi connectivity index (χ1v) is 7.82. The predicted octanol–water partition coefficient (Wildman–Crippen LogP) is 2.34. The van der Waals surface area contributed by atoms with Crippen LogP contribution in [-0.2, 0) is 9.59 Å². The van der Waals surface area contributed by atoms with Gasteiger partial charge in [0.1, 0.15) is 0 Å². The molecule has 20 heavy (non-hydrogen) atoms. The molecule has 0 radical (unpaired) electrons. The van der Waals surface area contributed by atoms with E-state index in [0.29, 0.717) is 24.2 Å². The van der Waals surface area contributed by atoms with Crippen molar-refractivity contribution in [3.8, 4) is 0 Å². The smallest absolute Gasteiger partial charge is 0.225 e. The van der Waals surface area contributed by atoms with Crippen molar-refractivity contribution in [1.82, 2.24) is 10.6 Å². The maximum atomic E-state index is 12.2. The van der Waals surface area contributed by atoms with Gasteiger partial charge in [-0.05, 0) is 30.6 Å². The van der Waals surface area contributed by atoms with E-state index in [9.17, 15) is 9.59 Å². The zero-order chi connectivity index (χ0) is 15.3. The molecule has 0 aromatic heterocycles. The average molecular weight is 282 g/mol. The van der Waals surface area contributed by atoms with E-state index in [2.05, 4.69) is 24.5 Å². The fourth-order valence-corrected chi connectivity index (χ4v) is 2.58. The Morgan fingerprint density at radius 2 is 1.80 bits per heavy atom. The molecule has 1 saturated carbocycles. The molecule has 0 heterocycles. The second-order valence-electron chi connectivity index (χ2n) is 7.02. The van der Waals surface area contributed by atoms with Crippen molar-refractivity contribution in [2.75, 3.05) is 13.1 Å². The maximum Gasteiger partial charge on any atom is 0.225 e. The van der Waals surface area contributed by atoms with E-state index in [4.69, 9.17) is 0 Å². The lowest BCUT2D eigenvalue weighted by molar-refractivity contribution is -0.135. The van der Waals surface area contributed by atoms with Gasteiger partial charge in [0.15, 0.2) is 0 Å². The molecule has 0 aromatic rings. The predicted molar refractivity (Wildman–Crippen MR) is 81.1 cm³/mol. The number of carbonyl (C=O) groups is 2. The van der Waals surface area contributed by atoms with Gasteiger partial charge in [-0.25, -0.2) is 0 Å². The number of rotatable bonds is 7. The molecule has 1 rings (SSSR count).